The summed E-state index contributed by atoms with van der Waals surface area (Å²) in [5.74, 6) is 0.926. The van der Waals surface area contributed by atoms with E-state index in [0.29, 0.717) is 6.04 Å². The third kappa shape index (κ3) is 5.08. The Morgan fingerprint density at radius 2 is 1.96 bits per heavy atom. The second kappa shape index (κ2) is 9.04. The lowest BCUT2D eigenvalue weighted by atomic mass is 9.93. The van der Waals surface area contributed by atoms with Gasteiger partial charge in [-0.1, -0.05) is 61.8 Å². The smallest absolute Gasteiger partial charge is 0.150 e. The van der Waals surface area contributed by atoms with E-state index in [-0.39, 0.29) is 0 Å². The van der Waals surface area contributed by atoms with Crippen LogP contribution in [0.5, 0.6) is 0 Å². The highest BCUT2D eigenvalue weighted by molar-refractivity contribution is 7.80. The summed E-state index contributed by atoms with van der Waals surface area (Å²) in [5.41, 5.74) is 1.34. The fraction of sp³-hybridized carbons (Fsp3) is 0.579. The van der Waals surface area contributed by atoms with Gasteiger partial charge in [-0.3, -0.25) is 0 Å². The van der Waals surface area contributed by atoms with Crippen LogP contribution in [0.4, 0.5) is 0 Å². The maximum absolute atomic E-state index is 5.85. The molecule has 2 aromatic rings. The maximum Gasteiger partial charge on any atom is 0.150 e. The SMILES string of the molecule is Cn1nnnc1CCCC(=S)N(Cc1ccccc1)C1CCCCC1. The van der Waals surface area contributed by atoms with E-state index in [1.807, 2.05) is 7.05 Å². The molecule has 0 saturated heterocycles. The summed E-state index contributed by atoms with van der Waals surface area (Å²) in [7, 11) is 1.89. The van der Waals surface area contributed by atoms with Crippen LogP contribution in [0.3, 0.4) is 0 Å². The first-order valence-electron chi connectivity index (χ1n) is 9.28. The van der Waals surface area contributed by atoms with E-state index < -0.39 is 0 Å². The fourth-order valence-corrected chi connectivity index (χ4v) is 3.95. The molecule has 25 heavy (non-hydrogen) atoms. The van der Waals surface area contributed by atoms with Crippen LogP contribution in [0.15, 0.2) is 30.3 Å². The number of aryl methyl sites for hydroxylation is 2. The molecule has 5 nitrogen and oxygen atoms in total. The molecule has 0 radical (unpaired) electrons. The van der Waals surface area contributed by atoms with Crippen molar-refractivity contribution in [3.8, 4) is 0 Å². The van der Waals surface area contributed by atoms with Crippen LogP contribution in [0.1, 0.15) is 56.3 Å². The Balaban J connectivity index is 1.60. The van der Waals surface area contributed by atoms with Crippen LogP contribution in [-0.4, -0.2) is 36.1 Å². The number of rotatable bonds is 7. The van der Waals surface area contributed by atoms with Crippen molar-refractivity contribution in [3.05, 3.63) is 41.7 Å². The normalized spacial score (nSPS) is 15.2. The van der Waals surface area contributed by atoms with Gasteiger partial charge in [-0.05, 0) is 41.7 Å². The van der Waals surface area contributed by atoms with Crippen molar-refractivity contribution in [1.29, 1.82) is 0 Å². The molecule has 0 unspecified atom stereocenters. The summed E-state index contributed by atoms with van der Waals surface area (Å²) >= 11 is 5.85. The minimum absolute atomic E-state index is 0.595. The zero-order valence-corrected chi connectivity index (χ0v) is 15.8. The molecule has 0 spiro atoms. The standard InChI is InChI=1S/C19H27N5S/c1-23-18(20-21-22-23)13-8-14-19(25)24(17-11-6-3-7-12-17)15-16-9-4-2-5-10-16/h2,4-5,9-10,17H,3,6-8,11-15H2,1H3. The average Bonchev–Trinajstić information content (AvgIpc) is 3.06. The van der Waals surface area contributed by atoms with Gasteiger partial charge in [-0.2, -0.15) is 0 Å². The van der Waals surface area contributed by atoms with E-state index in [4.69, 9.17) is 12.2 Å². The van der Waals surface area contributed by atoms with Crippen LogP contribution in [0, 0.1) is 0 Å². The second-order valence-corrected chi connectivity index (χ2v) is 7.34. The molecule has 1 aromatic heterocycles. The Labute approximate surface area is 155 Å². The molecule has 1 heterocycles. The lowest BCUT2D eigenvalue weighted by Crippen LogP contribution is -2.40. The van der Waals surface area contributed by atoms with Crippen molar-refractivity contribution >= 4 is 17.2 Å². The summed E-state index contributed by atoms with van der Waals surface area (Å²) < 4.78 is 1.74. The molecule has 0 aliphatic heterocycles. The summed E-state index contributed by atoms with van der Waals surface area (Å²) in [6.45, 7) is 0.926. The molecule has 1 fully saturated rings. The number of tetrazole rings is 1. The van der Waals surface area contributed by atoms with Gasteiger partial charge in [0.25, 0.3) is 0 Å². The largest absolute Gasteiger partial charge is 0.359 e. The van der Waals surface area contributed by atoms with E-state index in [1.54, 1.807) is 4.68 Å². The van der Waals surface area contributed by atoms with Crippen molar-refractivity contribution in [1.82, 2.24) is 25.1 Å². The van der Waals surface area contributed by atoms with E-state index in [0.717, 1.165) is 36.6 Å². The van der Waals surface area contributed by atoms with Gasteiger partial charge in [-0.25, -0.2) is 4.68 Å². The van der Waals surface area contributed by atoms with Crippen LogP contribution in [0.2, 0.25) is 0 Å². The zero-order chi connectivity index (χ0) is 17.5. The van der Waals surface area contributed by atoms with E-state index in [1.165, 1.54) is 37.7 Å². The van der Waals surface area contributed by atoms with Gasteiger partial charge < -0.3 is 4.90 Å². The molecule has 0 bridgehead atoms. The molecule has 1 aliphatic carbocycles. The summed E-state index contributed by atoms with van der Waals surface area (Å²) in [6, 6.07) is 11.3. The topological polar surface area (TPSA) is 46.8 Å². The van der Waals surface area contributed by atoms with Crippen molar-refractivity contribution in [2.45, 2.75) is 64.0 Å². The Morgan fingerprint density at radius 3 is 2.64 bits per heavy atom. The first-order valence-corrected chi connectivity index (χ1v) is 9.69. The Kier molecular flexibility index (Phi) is 6.50. The Hall–Kier alpha value is -1.82. The van der Waals surface area contributed by atoms with Crippen molar-refractivity contribution in [3.63, 3.8) is 0 Å². The van der Waals surface area contributed by atoms with E-state index >= 15 is 0 Å². The molecule has 3 rings (SSSR count). The van der Waals surface area contributed by atoms with Gasteiger partial charge in [-0.15, -0.1) is 5.10 Å². The third-order valence-corrected chi connectivity index (χ3v) is 5.47. The van der Waals surface area contributed by atoms with Crippen LogP contribution in [-0.2, 0) is 20.0 Å². The van der Waals surface area contributed by atoms with Gasteiger partial charge in [0.05, 0.1) is 4.99 Å². The summed E-state index contributed by atoms with van der Waals surface area (Å²) in [4.78, 5) is 3.57. The molecule has 0 atom stereocenters. The van der Waals surface area contributed by atoms with E-state index in [2.05, 4.69) is 50.8 Å². The number of hydrogen-bond acceptors (Lipinski definition) is 4. The van der Waals surface area contributed by atoms with Gasteiger partial charge in [0, 0.05) is 26.1 Å². The highest BCUT2D eigenvalue weighted by Crippen LogP contribution is 2.25. The van der Waals surface area contributed by atoms with Crippen LogP contribution in [0.25, 0.3) is 0 Å². The summed E-state index contributed by atoms with van der Waals surface area (Å²) in [6.07, 6.45) is 9.32. The summed E-state index contributed by atoms with van der Waals surface area (Å²) in [5, 5.41) is 11.7. The highest BCUT2D eigenvalue weighted by atomic mass is 32.1. The molecule has 6 heteroatoms. The van der Waals surface area contributed by atoms with E-state index in [9.17, 15) is 0 Å². The Morgan fingerprint density at radius 1 is 1.20 bits per heavy atom. The number of aromatic nitrogens is 4. The van der Waals surface area contributed by atoms with Crippen LogP contribution >= 0.6 is 12.2 Å². The number of thiocarbonyl (C=S) groups is 1. The molecule has 134 valence electrons. The van der Waals surface area contributed by atoms with Crippen molar-refractivity contribution in [2.75, 3.05) is 0 Å². The monoisotopic (exact) mass is 357 g/mol. The molecular formula is C19H27N5S. The second-order valence-electron chi connectivity index (χ2n) is 6.87. The molecule has 1 saturated carbocycles. The molecule has 0 amide bonds. The number of benzene rings is 1. The molecule has 1 aliphatic rings. The first-order chi connectivity index (χ1) is 12.2. The first kappa shape index (κ1) is 18.0. The molecular weight excluding hydrogens is 330 g/mol. The number of nitrogens with zero attached hydrogens (tertiary/aromatic N) is 5. The van der Waals surface area contributed by atoms with Gasteiger partial charge in [0.1, 0.15) is 0 Å². The highest BCUT2D eigenvalue weighted by Gasteiger charge is 2.23. The van der Waals surface area contributed by atoms with Crippen LogP contribution < -0.4 is 0 Å². The van der Waals surface area contributed by atoms with Crippen molar-refractivity contribution in [2.24, 2.45) is 7.05 Å². The average molecular weight is 358 g/mol. The lowest BCUT2D eigenvalue weighted by Gasteiger charge is -2.36. The van der Waals surface area contributed by atoms with Gasteiger partial charge in [0.15, 0.2) is 5.82 Å². The van der Waals surface area contributed by atoms with Gasteiger partial charge in [0.2, 0.25) is 0 Å². The zero-order valence-electron chi connectivity index (χ0n) is 15.0. The predicted octanol–water partition coefficient (Wildman–Crippen LogP) is 3.70. The predicted molar refractivity (Wildman–Crippen MR) is 103 cm³/mol. The minimum Gasteiger partial charge on any atom is -0.359 e. The quantitative estimate of drug-likeness (QED) is 0.707. The lowest BCUT2D eigenvalue weighted by molar-refractivity contribution is 0.237. The van der Waals surface area contributed by atoms with Crippen molar-refractivity contribution < 1.29 is 0 Å². The number of hydrogen-bond donors (Lipinski definition) is 0. The fourth-order valence-electron chi connectivity index (χ4n) is 3.59. The molecule has 0 N–H and O–H groups in total. The third-order valence-electron chi connectivity index (χ3n) is 5.03. The minimum atomic E-state index is 0.595. The Bertz CT molecular complexity index is 663. The maximum atomic E-state index is 5.85. The molecule has 1 aromatic carbocycles. The van der Waals surface area contributed by atoms with Gasteiger partial charge >= 0.3 is 0 Å².